The maximum Gasteiger partial charge on any atom is 0.274 e. The van der Waals surface area contributed by atoms with Gasteiger partial charge in [-0.3, -0.25) is 4.79 Å². The molecular weight excluding hydrogens is 368 g/mol. The molecule has 0 spiro atoms. The van der Waals surface area contributed by atoms with Gasteiger partial charge in [0.25, 0.3) is 5.91 Å². The first kappa shape index (κ1) is 20.1. The third kappa shape index (κ3) is 4.82. The van der Waals surface area contributed by atoms with Gasteiger partial charge in [-0.25, -0.2) is 9.97 Å². The number of rotatable bonds is 6. The minimum atomic E-state index is -0.341. The molecule has 7 nitrogen and oxygen atoms in total. The first-order chi connectivity index (χ1) is 13.9. The number of aromatic nitrogens is 2. The average molecular weight is 392 g/mol. The second kappa shape index (κ2) is 8.60. The molecule has 0 atom stereocenters. The van der Waals surface area contributed by atoms with E-state index in [0.29, 0.717) is 28.8 Å². The second-order valence-corrected chi connectivity index (χ2v) is 6.69. The summed E-state index contributed by atoms with van der Waals surface area (Å²) >= 11 is 0. The lowest BCUT2D eigenvalue weighted by atomic mass is 10.1. The average Bonchev–Trinajstić information content (AvgIpc) is 2.70. The standard InChI is InChI=1S/C22H24N4O3/c1-13-6-7-14(2)17(10-13)25-22-23-15(3)11-18(26-22)21(27)24-16-8-9-19(28-4)20(12-16)29-5/h6-12H,1-5H3,(H,24,27)(H,23,25,26). The Kier molecular flexibility index (Phi) is 5.97. The number of amides is 1. The number of carbonyl (C=O) groups excluding carboxylic acids is 1. The van der Waals surface area contributed by atoms with E-state index >= 15 is 0 Å². The molecule has 1 amide bonds. The molecule has 2 aromatic carbocycles. The lowest BCUT2D eigenvalue weighted by Gasteiger charge is -2.12. The Morgan fingerprint density at radius 1 is 0.897 bits per heavy atom. The molecule has 0 radical (unpaired) electrons. The largest absolute Gasteiger partial charge is 0.493 e. The Hall–Kier alpha value is -3.61. The van der Waals surface area contributed by atoms with Crippen LogP contribution in [0.2, 0.25) is 0 Å². The summed E-state index contributed by atoms with van der Waals surface area (Å²) in [6, 6.07) is 12.9. The third-order valence-electron chi connectivity index (χ3n) is 4.37. The van der Waals surface area contributed by atoms with Gasteiger partial charge >= 0.3 is 0 Å². The molecule has 1 aromatic heterocycles. The number of methoxy groups -OCH3 is 2. The van der Waals surface area contributed by atoms with E-state index in [9.17, 15) is 4.79 Å². The number of hydrogen-bond donors (Lipinski definition) is 2. The first-order valence-electron chi connectivity index (χ1n) is 9.13. The molecule has 150 valence electrons. The summed E-state index contributed by atoms with van der Waals surface area (Å²) in [5.41, 5.74) is 4.62. The van der Waals surface area contributed by atoms with Crippen LogP contribution in [0.1, 0.15) is 27.3 Å². The van der Waals surface area contributed by atoms with Gasteiger partial charge in [-0.15, -0.1) is 0 Å². The van der Waals surface area contributed by atoms with Crippen molar-refractivity contribution >= 4 is 23.2 Å². The number of aryl methyl sites for hydroxylation is 3. The molecule has 0 saturated heterocycles. The number of nitrogens with one attached hydrogen (secondary N) is 2. The van der Waals surface area contributed by atoms with Crippen LogP contribution < -0.4 is 20.1 Å². The molecule has 3 aromatic rings. The molecule has 2 N–H and O–H groups in total. The highest BCUT2D eigenvalue weighted by Gasteiger charge is 2.13. The highest BCUT2D eigenvalue weighted by Crippen LogP contribution is 2.30. The zero-order valence-electron chi connectivity index (χ0n) is 17.2. The smallest absolute Gasteiger partial charge is 0.274 e. The Balaban J connectivity index is 1.83. The molecule has 0 unspecified atom stereocenters. The van der Waals surface area contributed by atoms with E-state index in [-0.39, 0.29) is 11.6 Å². The lowest BCUT2D eigenvalue weighted by Crippen LogP contribution is -2.15. The number of benzene rings is 2. The van der Waals surface area contributed by atoms with Gasteiger partial charge in [-0.1, -0.05) is 12.1 Å². The van der Waals surface area contributed by atoms with E-state index in [4.69, 9.17) is 9.47 Å². The van der Waals surface area contributed by atoms with Gasteiger partial charge < -0.3 is 20.1 Å². The highest BCUT2D eigenvalue weighted by atomic mass is 16.5. The van der Waals surface area contributed by atoms with Crippen molar-refractivity contribution in [2.24, 2.45) is 0 Å². The van der Waals surface area contributed by atoms with E-state index in [1.165, 1.54) is 0 Å². The van der Waals surface area contributed by atoms with Crippen LogP contribution in [-0.4, -0.2) is 30.1 Å². The topological polar surface area (TPSA) is 85.4 Å². The Bertz CT molecular complexity index is 1050. The van der Waals surface area contributed by atoms with Crippen LogP contribution in [0.15, 0.2) is 42.5 Å². The summed E-state index contributed by atoms with van der Waals surface area (Å²) in [4.78, 5) is 21.5. The Labute approximate surface area is 170 Å². The quantitative estimate of drug-likeness (QED) is 0.646. The van der Waals surface area contributed by atoms with E-state index in [2.05, 4.69) is 20.6 Å². The number of anilines is 3. The minimum Gasteiger partial charge on any atom is -0.493 e. The van der Waals surface area contributed by atoms with E-state index in [1.54, 1.807) is 38.5 Å². The highest BCUT2D eigenvalue weighted by molar-refractivity contribution is 6.03. The number of hydrogen-bond acceptors (Lipinski definition) is 6. The van der Waals surface area contributed by atoms with E-state index in [1.807, 2.05) is 39.0 Å². The third-order valence-corrected chi connectivity index (χ3v) is 4.37. The molecule has 3 rings (SSSR count). The van der Waals surface area contributed by atoms with Crippen molar-refractivity contribution in [1.29, 1.82) is 0 Å². The lowest BCUT2D eigenvalue weighted by molar-refractivity contribution is 0.102. The fourth-order valence-corrected chi connectivity index (χ4v) is 2.84. The van der Waals surface area contributed by atoms with Crippen LogP contribution in [0.3, 0.4) is 0 Å². The van der Waals surface area contributed by atoms with Crippen LogP contribution in [0.4, 0.5) is 17.3 Å². The first-order valence-corrected chi connectivity index (χ1v) is 9.13. The van der Waals surface area contributed by atoms with E-state index < -0.39 is 0 Å². The van der Waals surface area contributed by atoms with Crippen molar-refractivity contribution in [3.05, 3.63) is 65.0 Å². The van der Waals surface area contributed by atoms with Crippen molar-refractivity contribution < 1.29 is 14.3 Å². The van der Waals surface area contributed by atoms with Gasteiger partial charge in [0, 0.05) is 23.1 Å². The molecule has 0 aliphatic rings. The maximum absolute atomic E-state index is 12.7. The van der Waals surface area contributed by atoms with Crippen LogP contribution in [-0.2, 0) is 0 Å². The van der Waals surface area contributed by atoms with Gasteiger partial charge in [0.1, 0.15) is 5.69 Å². The van der Waals surface area contributed by atoms with Crippen LogP contribution >= 0.6 is 0 Å². The molecule has 29 heavy (non-hydrogen) atoms. The molecule has 0 aliphatic carbocycles. The van der Waals surface area contributed by atoms with E-state index in [0.717, 1.165) is 16.8 Å². The molecule has 0 bridgehead atoms. The fraction of sp³-hybridized carbons (Fsp3) is 0.227. The second-order valence-electron chi connectivity index (χ2n) is 6.69. The van der Waals surface area contributed by atoms with Crippen molar-refractivity contribution in [1.82, 2.24) is 9.97 Å². The predicted octanol–water partition coefficient (Wildman–Crippen LogP) is 4.41. The zero-order valence-corrected chi connectivity index (χ0v) is 17.2. The summed E-state index contributed by atoms with van der Waals surface area (Å²) < 4.78 is 10.5. The molecule has 0 fully saturated rings. The van der Waals surface area contributed by atoms with Gasteiger partial charge in [-0.05, 0) is 56.2 Å². The summed E-state index contributed by atoms with van der Waals surface area (Å²) in [5, 5.41) is 6.04. The summed E-state index contributed by atoms with van der Waals surface area (Å²) in [6.45, 7) is 5.84. The molecule has 7 heteroatoms. The maximum atomic E-state index is 12.7. The number of carbonyl (C=O) groups is 1. The zero-order chi connectivity index (χ0) is 21.0. The number of ether oxygens (including phenoxy) is 2. The van der Waals surface area contributed by atoms with Crippen molar-refractivity contribution in [3.63, 3.8) is 0 Å². The normalized spacial score (nSPS) is 10.4. The van der Waals surface area contributed by atoms with Crippen LogP contribution in [0, 0.1) is 20.8 Å². The summed E-state index contributed by atoms with van der Waals surface area (Å²) in [6.07, 6.45) is 0. The molecule has 0 saturated carbocycles. The van der Waals surface area contributed by atoms with Gasteiger partial charge in [0.2, 0.25) is 5.95 Å². The SMILES string of the molecule is COc1ccc(NC(=O)c2cc(C)nc(Nc3cc(C)ccc3C)n2)cc1OC. The molecular formula is C22H24N4O3. The molecule has 0 aliphatic heterocycles. The van der Waals surface area contributed by atoms with Crippen molar-refractivity contribution in [2.45, 2.75) is 20.8 Å². The summed E-state index contributed by atoms with van der Waals surface area (Å²) in [5.74, 6) is 1.15. The number of nitrogens with zero attached hydrogens (tertiary/aromatic N) is 2. The van der Waals surface area contributed by atoms with Gasteiger partial charge in [0.15, 0.2) is 11.5 Å². The molecule has 1 heterocycles. The van der Waals surface area contributed by atoms with Crippen LogP contribution in [0.25, 0.3) is 0 Å². The van der Waals surface area contributed by atoms with Crippen molar-refractivity contribution in [2.75, 3.05) is 24.9 Å². The summed E-state index contributed by atoms with van der Waals surface area (Å²) in [7, 11) is 3.10. The minimum absolute atomic E-state index is 0.264. The Morgan fingerprint density at radius 3 is 2.38 bits per heavy atom. The van der Waals surface area contributed by atoms with Crippen LogP contribution in [0.5, 0.6) is 11.5 Å². The predicted molar refractivity (Wildman–Crippen MR) is 113 cm³/mol. The van der Waals surface area contributed by atoms with Gasteiger partial charge in [0.05, 0.1) is 14.2 Å². The Morgan fingerprint density at radius 2 is 1.66 bits per heavy atom. The van der Waals surface area contributed by atoms with Gasteiger partial charge in [-0.2, -0.15) is 0 Å². The van der Waals surface area contributed by atoms with Crippen molar-refractivity contribution in [3.8, 4) is 11.5 Å². The fourth-order valence-electron chi connectivity index (χ4n) is 2.84. The monoisotopic (exact) mass is 392 g/mol.